The van der Waals surface area contributed by atoms with Gasteiger partial charge in [0, 0.05) is 18.2 Å². The molecule has 7 heteroatoms. The van der Waals surface area contributed by atoms with Gasteiger partial charge in [-0.15, -0.1) is 11.8 Å². The molecule has 1 aliphatic carbocycles. The fourth-order valence-corrected chi connectivity index (χ4v) is 5.08. The zero-order valence-electron chi connectivity index (χ0n) is 20.3. The summed E-state index contributed by atoms with van der Waals surface area (Å²) < 4.78 is 17.1. The predicted molar refractivity (Wildman–Crippen MR) is 139 cm³/mol. The van der Waals surface area contributed by atoms with Gasteiger partial charge in [0.15, 0.2) is 16.9 Å². The molecule has 0 aliphatic heterocycles. The van der Waals surface area contributed by atoms with Crippen LogP contribution in [0.3, 0.4) is 0 Å². The Balaban J connectivity index is 1.87. The van der Waals surface area contributed by atoms with Crippen molar-refractivity contribution >= 4 is 11.8 Å². The van der Waals surface area contributed by atoms with Crippen molar-refractivity contribution < 1.29 is 14.2 Å². The Bertz CT molecular complexity index is 1330. The fourth-order valence-electron chi connectivity index (χ4n) is 4.62. The van der Waals surface area contributed by atoms with Gasteiger partial charge >= 0.3 is 0 Å². The third kappa shape index (κ3) is 4.86. The van der Waals surface area contributed by atoms with Crippen LogP contribution in [-0.2, 0) is 13.0 Å². The van der Waals surface area contributed by atoms with Crippen molar-refractivity contribution in [1.82, 2.24) is 5.32 Å². The van der Waals surface area contributed by atoms with Gasteiger partial charge in [0.05, 0.1) is 37.9 Å². The fraction of sp³-hybridized carbons (Fsp3) is 0.286. The average Bonchev–Trinajstić information content (AvgIpc) is 3.14. The molecule has 0 heterocycles. The Labute approximate surface area is 209 Å². The van der Waals surface area contributed by atoms with Crippen LogP contribution in [0.1, 0.15) is 34.7 Å². The van der Waals surface area contributed by atoms with Crippen molar-refractivity contribution in [2.45, 2.75) is 30.3 Å². The normalized spacial score (nSPS) is 14.2. The molecule has 0 radical (unpaired) electrons. The Kier molecular flexibility index (Phi) is 7.64. The van der Waals surface area contributed by atoms with Crippen molar-refractivity contribution in [2.24, 2.45) is 0 Å². The summed E-state index contributed by atoms with van der Waals surface area (Å²) in [6.45, 7) is 0.609. The number of rotatable bonds is 7. The lowest BCUT2D eigenvalue weighted by atomic mass is 9.95. The van der Waals surface area contributed by atoms with Crippen LogP contribution in [0.5, 0.6) is 17.2 Å². The number of nitrogens with one attached hydrogen (secondary N) is 1. The summed E-state index contributed by atoms with van der Waals surface area (Å²) in [7, 11) is 4.84. The van der Waals surface area contributed by atoms with Gasteiger partial charge in [-0.25, -0.2) is 0 Å². The molecular weight excluding hydrogens is 460 g/mol. The lowest BCUT2D eigenvalue weighted by Gasteiger charge is -2.20. The molecule has 0 aromatic heterocycles. The first-order valence-electron chi connectivity index (χ1n) is 11.3. The molecule has 35 heavy (non-hydrogen) atoms. The molecule has 6 nitrogen and oxygen atoms in total. The molecule has 1 aliphatic rings. The number of hydrogen-bond donors (Lipinski definition) is 1. The highest BCUT2D eigenvalue weighted by Crippen LogP contribution is 2.50. The van der Waals surface area contributed by atoms with Crippen molar-refractivity contribution in [1.29, 1.82) is 5.26 Å². The third-order valence-electron chi connectivity index (χ3n) is 6.36. The molecule has 180 valence electrons. The van der Waals surface area contributed by atoms with E-state index in [1.807, 2.05) is 48.7 Å². The molecule has 0 spiro atoms. The molecular formula is C28H28N2O4S. The van der Waals surface area contributed by atoms with E-state index in [0.29, 0.717) is 34.3 Å². The summed E-state index contributed by atoms with van der Waals surface area (Å²) >= 11 is 1.44. The predicted octanol–water partition coefficient (Wildman–Crippen LogP) is 5.11. The summed E-state index contributed by atoms with van der Waals surface area (Å²) in [6.07, 6.45) is 3.46. The average molecular weight is 489 g/mol. The first kappa shape index (κ1) is 24.6. The smallest absolute Gasteiger partial charge is 0.203 e. The van der Waals surface area contributed by atoms with Crippen LogP contribution in [0.25, 0.3) is 11.1 Å². The second kappa shape index (κ2) is 10.9. The summed E-state index contributed by atoms with van der Waals surface area (Å²) in [4.78, 5) is 13.7. The zero-order valence-corrected chi connectivity index (χ0v) is 21.1. The molecule has 0 bridgehead atoms. The van der Waals surface area contributed by atoms with E-state index in [2.05, 4.69) is 11.4 Å². The number of benzene rings is 2. The molecule has 0 saturated carbocycles. The van der Waals surface area contributed by atoms with E-state index >= 15 is 0 Å². The van der Waals surface area contributed by atoms with Crippen LogP contribution in [0.4, 0.5) is 0 Å². The number of hydrogen-bond acceptors (Lipinski definition) is 7. The minimum Gasteiger partial charge on any atom is -0.493 e. The van der Waals surface area contributed by atoms with E-state index in [4.69, 9.17) is 19.5 Å². The van der Waals surface area contributed by atoms with Crippen LogP contribution < -0.4 is 25.0 Å². The topological polar surface area (TPSA) is 80.6 Å². The molecule has 0 amide bonds. The Morgan fingerprint density at radius 2 is 1.77 bits per heavy atom. The molecule has 0 saturated heterocycles. The van der Waals surface area contributed by atoms with Gasteiger partial charge in [0.25, 0.3) is 0 Å². The van der Waals surface area contributed by atoms with Gasteiger partial charge in [-0.1, -0.05) is 18.2 Å². The van der Waals surface area contributed by atoms with Crippen LogP contribution in [0, 0.1) is 11.3 Å². The first-order chi connectivity index (χ1) is 17.0. The van der Waals surface area contributed by atoms with E-state index in [1.54, 1.807) is 27.4 Å². The second-order valence-corrected chi connectivity index (χ2v) is 9.09. The highest BCUT2D eigenvalue weighted by atomic mass is 32.2. The molecule has 3 aromatic rings. The molecule has 4 rings (SSSR count). The molecule has 3 aromatic carbocycles. The van der Waals surface area contributed by atoms with Crippen molar-refractivity contribution in [3.8, 4) is 34.4 Å². The van der Waals surface area contributed by atoms with Crippen molar-refractivity contribution in [3.63, 3.8) is 0 Å². The molecule has 1 atom stereocenters. The van der Waals surface area contributed by atoms with Crippen molar-refractivity contribution in [3.05, 3.63) is 81.0 Å². The maximum Gasteiger partial charge on any atom is 0.203 e. The number of fused-ring (bicyclic) bond motifs is 3. The first-order valence-corrected chi connectivity index (χ1v) is 12.5. The number of nitrogens with zero attached hydrogens (tertiary/aromatic N) is 1. The summed E-state index contributed by atoms with van der Waals surface area (Å²) in [5.74, 6) is 1.74. The van der Waals surface area contributed by atoms with E-state index in [1.165, 1.54) is 11.8 Å². The number of ether oxygens (including phenoxy) is 3. The van der Waals surface area contributed by atoms with Crippen LogP contribution >= 0.6 is 11.8 Å². The van der Waals surface area contributed by atoms with E-state index in [-0.39, 0.29) is 11.5 Å². The highest BCUT2D eigenvalue weighted by molar-refractivity contribution is 7.98. The lowest BCUT2D eigenvalue weighted by molar-refractivity contribution is 0.324. The second-order valence-electron chi connectivity index (χ2n) is 8.24. The minimum absolute atomic E-state index is 0.00758. The zero-order chi connectivity index (χ0) is 24.9. The van der Waals surface area contributed by atoms with Gasteiger partial charge in [-0.2, -0.15) is 5.26 Å². The Morgan fingerprint density at radius 1 is 1.03 bits per heavy atom. The standard InChI is InChI=1S/C28H28N2O4S/c1-32-24-13-19-9-11-22(30-16-18-7-5-17(15-29)6-8-18)21-14-23(31)25(35-4)12-10-20(21)26(19)28(34-3)27(24)33-2/h5-8,10,12-14,22,30H,9,11,16H2,1-4H3. The molecule has 1 unspecified atom stereocenters. The summed E-state index contributed by atoms with van der Waals surface area (Å²) in [5, 5.41) is 12.7. The van der Waals surface area contributed by atoms with Crippen LogP contribution in [-0.4, -0.2) is 27.6 Å². The maximum absolute atomic E-state index is 13.1. The molecule has 0 fully saturated rings. The van der Waals surface area contributed by atoms with Crippen LogP contribution in [0.2, 0.25) is 0 Å². The molecule has 1 N–H and O–H groups in total. The van der Waals surface area contributed by atoms with Gasteiger partial charge in [-0.05, 0) is 71.7 Å². The largest absolute Gasteiger partial charge is 0.493 e. The van der Waals surface area contributed by atoms with E-state index in [0.717, 1.165) is 40.7 Å². The van der Waals surface area contributed by atoms with E-state index in [9.17, 15) is 4.79 Å². The number of nitriles is 1. The summed E-state index contributed by atoms with van der Waals surface area (Å²) in [6, 6.07) is 17.3. The minimum atomic E-state index is -0.0652. The Hall–Kier alpha value is -3.47. The summed E-state index contributed by atoms with van der Waals surface area (Å²) in [5.41, 5.74) is 5.55. The van der Waals surface area contributed by atoms with Crippen LogP contribution in [0.15, 0.2) is 58.2 Å². The third-order valence-corrected chi connectivity index (χ3v) is 7.13. The monoisotopic (exact) mass is 488 g/mol. The van der Waals surface area contributed by atoms with Gasteiger partial charge in [-0.3, -0.25) is 4.79 Å². The number of methoxy groups -OCH3 is 3. The highest BCUT2D eigenvalue weighted by Gasteiger charge is 2.29. The SMILES string of the molecule is COc1cc2c(c(OC)c1OC)-c1ccc(SC)c(=O)cc1C(NCc1ccc(C#N)cc1)CC2. The Morgan fingerprint density at radius 3 is 2.40 bits per heavy atom. The number of thioether (sulfide) groups is 1. The quantitative estimate of drug-likeness (QED) is 0.463. The van der Waals surface area contributed by atoms with E-state index < -0.39 is 0 Å². The number of aryl methyl sites for hydroxylation is 1. The maximum atomic E-state index is 13.1. The lowest BCUT2D eigenvalue weighted by Crippen LogP contribution is -2.22. The van der Waals surface area contributed by atoms with Gasteiger partial charge < -0.3 is 19.5 Å². The van der Waals surface area contributed by atoms with Gasteiger partial charge in [0.1, 0.15) is 0 Å². The van der Waals surface area contributed by atoms with Gasteiger partial charge in [0.2, 0.25) is 5.75 Å². The van der Waals surface area contributed by atoms with Crippen molar-refractivity contribution in [2.75, 3.05) is 27.6 Å².